The number of fused-ring (bicyclic) bond motifs is 1. The van der Waals surface area contributed by atoms with Crippen molar-refractivity contribution in [1.29, 1.82) is 0 Å². The number of anilines is 1. The summed E-state index contributed by atoms with van der Waals surface area (Å²) in [5, 5.41) is 4.78. The fourth-order valence-corrected chi connectivity index (χ4v) is 4.24. The van der Waals surface area contributed by atoms with E-state index in [1.807, 2.05) is 0 Å². The summed E-state index contributed by atoms with van der Waals surface area (Å²) in [5.74, 6) is 1.44. The van der Waals surface area contributed by atoms with Crippen LogP contribution in [0, 0.1) is 11.8 Å². The number of benzene rings is 1. The van der Waals surface area contributed by atoms with Crippen LogP contribution in [0.25, 0.3) is 11.0 Å². The Labute approximate surface area is 133 Å². The van der Waals surface area contributed by atoms with Gasteiger partial charge in [0.1, 0.15) is 11.0 Å². The van der Waals surface area contributed by atoms with Crippen molar-refractivity contribution in [2.45, 2.75) is 39.2 Å². The molecule has 1 heterocycles. The number of rotatable bonds is 2. The van der Waals surface area contributed by atoms with E-state index in [9.17, 15) is 0 Å². The molecule has 0 aliphatic heterocycles. The lowest BCUT2D eigenvalue weighted by molar-refractivity contribution is 0.276. The van der Waals surface area contributed by atoms with Gasteiger partial charge in [-0.2, -0.15) is 8.75 Å². The van der Waals surface area contributed by atoms with Gasteiger partial charge >= 0.3 is 0 Å². The van der Waals surface area contributed by atoms with Crippen molar-refractivity contribution in [1.82, 2.24) is 8.75 Å². The maximum Gasteiger partial charge on any atom is 0.130 e. The SMILES string of the molecule is CC1CCC(Nc2c(Cl)cc(Cl)c3nsnc23)C(C)C1. The van der Waals surface area contributed by atoms with Gasteiger partial charge in [0.15, 0.2) is 0 Å². The first-order valence-electron chi connectivity index (χ1n) is 6.93. The molecule has 1 aliphatic carbocycles. The molecule has 1 fully saturated rings. The monoisotopic (exact) mass is 329 g/mol. The van der Waals surface area contributed by atoms with Gasteiger partial charge in [0.05, 0.1) is 27.5 Å². The molecule has 6 heteroatoms. The van der Waals surface area contributed by atoms with Crippen LogP contribution in [0.15, 0.2) is 6.07 Å². The van der Waals surface area contributed by atoms with E-state index in [0.717, 1.165) is 22.6 Å². The maximum absolute atomic E-state index is 6.35. The Balaban J connectivity index is 1.93. The highest BCUT2D eigenvalue weighted by Crippen LogP contribution is 2.38. The van der Waals surface area contributed by atoms with E-state index in [0.29, 0.717) is 22.0 Å². The van der Waals surface area contributed by atoms with Crippen LogP contribution in [0.2, 0.25) is 10.0 Å². The van der Waals surface area contributed by atoms with Gasteiger partial charge in [0.25, 0.3) is 0 Å². The summed E-state index contributed by atoms with van der Waals surface area (Å²) in [6.07, 6.45) is 3.67. The third kappa shape index (κ3) is 2.61. The Morgan fingerprint density at radius 3 is 2.65 bits per heavy atom. The van der Waals surface area contributed by atoms with Crippen LogP contribution in [0.1, 0.15) is 33.1 Å². The summed E-state index contributed by atoms with van der Waals surface area (Å²) in [5.41, 5.74) is 2.41. The van der Waals surface area contributed by atoms with Gasteiger partial charge in [-0.05, 0) is 37.2 Å². The van der Waals surface area contributed by atoms with E-state index in [1.54, 1.807) is 6.07 Å². The molecule has 2 aromatic rings. The summed E-state index contributed by atoms with van der Waals surface area (Å²) in [6, 6.07) is 2.19. The first-order chi connectivity index (χ1) is 9.56. The molecule has 3 unspecified atom stereocenters. The average Bonchev–Trinajstić information content (AvgIpc) is 2.86. The molecule has 0 saturated heterocycles. The lowest BCUT2D eigenvalue weighted by Crippen LogP contribution is -2.33. The molecule has 1 aliphatic rings. The van der Waals surface area contributed by atoms with Gasteiger partial charge in [0.2, 0.25) is 0 Å². The summed E-state index contributed by atoms with van der Waals surface area (Å²) < 4.78 is 8.59. The largest absolute Gasteiger partial charge is 0.379 e. The van der Waals surface area contributed by atoms with Crippen LogP contribution >= 0.6 is 34.9 Å². The van der Waals surface area contributed by atoms with Gasteiger partial charge in [-0.1, -0.05) is 37.0 Å². The van der Waals surface area contributed by atoms with Crippen molar-refractivity contribution in [3.63, 3.8) is 0 Å². The van der Waals surface area contributed by atoms with Crippen LogP contribution in [0.5, 0.6) is 0 Å². The molecule has 20 heavy (non-hydrogen) atoms. The molecule has 3 nitrogen and oxygen atoms in total. The highest BCUT2D eigenvalue weighted by molar-refractivity contribution is 7.00. The third-order valence-electron chi connectivity index (χ3n) is 4.21. The molecular weight excluding hydrogens is 313 g/mol. The molecule has 1 aromatic heterocycles. The van der Waals surface area contributed by atoms with E-state index in [4.69, 9.17) is 23.2 Å². The molecule has 0 radical (unpaired) electrons. The zero-order valence-electron chi connectivity index (χ0n) is 11.5. The first-order valence-corrected chi connectivity index (χ1v) is 8.41. The van der Waals surface area contributed by atoms with E-state index < -0.39 is 0 Å². The molecule has 0 amide bonds. The molecule has 3 atom stereocenters. The minimum atomic E-state index is 0.440. The zero-order valence-corrected chi connectivity index (χ0v) is 13.8. The second-order valence-electron chi connectivity index (χ2n) is 5.82. The maximum atomic E-state index is 6.35. The number of nitrogens with one attached hydrogen (secondary N) is 1. The minimum absolute atomic E-state index is 0.440. The quantitative estimate of drug-likeness (QED) is 0.819. The molecule has 1 N–H and O–H groups in total. The molecule has 3 rings (SSSR count). The van der Waals surface area contributed by atoms with Gasteiger partial charge in [0, 0.05) is 6.04 Å². The van der Waals surface area contributed by atoms with Crippen LogP contribution in [-0.2, 0) is 0 Å². The van der Waals surface area contributed by atoms with Crippen LogP contribution in [0.3, 0.4) is 0 Å². The first kappa shape index (κ1) is 14.4. The van der Waals surface area contributed by atoms with Crippen LogP contribution in [0.4, 0.5) is 5.69 Å². The molecule has 0 bridgehead atoms. The fourth-order valence-electron chi connectivity index (χ4n) is 3.08. The second-order valence-corrected chi connectivity index (χ2v) is 7.17. The Morgan fingerprint density at radius 1 is 1.15 bits per heavy atom. The summed E-state index contributed by atoms with van der Waals surface area (Å²) in [4.78, 5) is 0. The number of nitrogens with zero attached hydrogens (tertiary/aromatic N) is 2. The van der Waals surface area contributed by atoms with Crippen molar-refractivity contribution in [2.75, 3.05) is 5.32 Å². The van der Waals surface area contributed by atoms with E-state index >= 15 is 0 Å². The zero-order chi connectivity index (χ0) is 14.3. The summed E-state index contributed by atoms with van der Waals surface area (Å²) in [6.45, 7) is 4.62. The average molecular weight is 330 g/mol. The van der Waals surface area contributed by atoms with Crippen LogP contribution < -0.4 is 5.32 Å². The van der Waals surface area contributed by atoms with E-state index in [2.05, 4.69) is 27.9 Å². The minimum Gasteiger partial charge on any atom is -0.379 e. The summed E-state index contributed by atoms with van der Waals surface area (Å²) >= 11 is 13.7. The van der Waals surface area contributed by atoms with E-state index in [-0.39, 0.29) is 0 Å². The Bertz CT molecular complexity index is 628. The van der Waals surface area contributed by atoms with Crippen molar-refractivity contribution in [3.05, 3.63) is 16.1 Å². The molecule has 1 aromatic carbocycles. The third-order valence-corrected chi connectivity index (χ3v) is 5.32. The Morgan fingerprint density at radius 2 is 1.90 bits per heavy atom. The fraction of sp³-hybridized carbons (Fsp3) is 0.571. The number of hydrogen-bond acceptors (Lipinski definition) is 4. The molecular formula is C14H17Cl2N3S. The molecule has 1 saturated carbocycles. The van der Waals surface area contributed by atoms with Gasteiger partial charge in [-0.3, -0.25) is 0 Å². The van der Waals surface area contributed by atoms with Crippen molar-refractivity contribution >= 4 is 51.7 Å². The van der Waals surface area contributed by atoms with Crippen LogP contribution in [-0.4, -0.2) is 14.8 Å². The normalized spacial score (nSPS) is 26.9. The smallest absolute Gasteiger partial charge is 0.130 e. The Hall–Kier alpha value is -0.580. The van der Waals surface area contributed by atoms with Crippen molar-refractivity contribution < 1.29 is 0 Å². The van der Waals surface area contributed by atoms with Crippen molar-refractivity contribution in [2.24, 2.45) is 11.8 Å². The lowest BCUT2D eigenvalue weighted by Gasteiger charge is -2.34. The lowest BCUT2D eigenvalue weighted by atomic mass is 9.80. The number of halogens is 2. The van der Waals surface area contributed by atoms with Crippen molar-refractivity contribution in [3.8, 4) is 0 Å². The predicted molar refractivity (Wildman–Crippen MR) is 87.0 cm³/mol. The van der Waals surface area contributed by atoms with E-state index in [1.165, 1.54) is 31.0 Å². The van der Waals surface area contributed by atoms with Gasteiger partial charge in [-0.15, -0.1) is 0 Å². The molecule has 108 valence electrons. The number of aromatic nitrogens is 2. The predicted octanol–water partition coefficient (Wildman–Crippen LogP) is 5.23. The second kappa shape index (κ2) is 5.66. The Kier molecular flexibility index (Phi) is 4.07. The van der Waals surface area contributed by atoms with Gasteiger partial charge in [-0.25, -0.2) is 0 Å². The highest BCUT2D eigenvalue weighted by atomic mass is 35.5. The molecule has 0 spiro atoms. The highest BCUT2D eigenvalue weighted by Gasteiger charge is 2.27. The topological polar surface area (TPSA) is 37.8 Å². The van der Waals surface area contributed by atoms with Gasteiger partial charge < -0.3 is 5.32 Å². The number of hydrogen-bond donors (Lipinski definition) is 1. The standard InChI is InChI=1S/C14H17Cl2N3S/c1-7-3-4-11(8(2)5-7)17-12-9(15)6-10(16)13-14(12)19-20-18-13/h6-8,11,17H,3-5H2,1-2H3. The summed E-state index contributed by atoms with van der Waals surface area (Å²) in [7, 11) is 0.